The quantitative estimate of drug-likeness (QED) is 0.263. The number of carbonyl (C=O) groups is 1. The highest BCUT2D eigenvalue weighted by molar-refractivity contribution is 6.31. The first kappa shape index (κ1) is 25.8. The second-order valence-corrected chi connectivity index (χ2v) is 11.1. The first-order chi connectivity index (χ1) is 19.0. The Balaban J connectivity index is 1.36. The van der Waals surface area contributed by atoms with Gasteiger partial charge in [0.15, 0.2) is 0 Å². The third-order valence-corrected chi connectivity index (χ3v) is 8.77. The molecule has 0 saturated heterocycles. The van der Waals surface area contributed by atoms with Crippen LogP contribution in [0.2, 0.25) is 5.02 Å². The van der Waals surface area contributed by atoms with Gasteiger partial charge >= 0.3 is 0 Å². The zero-order valence-corrected chi connectivity index (χ0v) is 22.8. The summed E-state index contributed by atoms with van der Waals surface area (Å²) < 4.78 is 14.8. The Bertz CT molecular complexity index is 1480. The Kier molecular flexibility index (Phi) is 7.24. The molecule has 3 nitrogen and oxygen atoms in total. The van der Waals surface area contributed by atoms with Crippen molar-refractivity contribution in [3.63, 3.8) is 0 Å². The highest BCUT2D eigenvalue weighted by Gasteiger charge is 2.39. The first-order valence-corrected chi connectivity index (χ1v) is 14.1. The van der Waals surface area contributed by atoms with Crippen molar-refractivity contribution >= 4 is 17.5 Å². The van der Waals surface area contributed by atoms with Crippen molar-refractivity contribution in [3.8, 4) is 0 Å². The molecule has 4 aromatic rings. The van der Waals surface area contributed by atoms with Gasteiger partial charge in [-0.2, -0.15) is 0 Å². The van der Waals surface area contributed by atoms with Crippen molar-refractivity contribution in [2.75, 3.05) is 6.54 Å². The lowest BCUT2D eigenvalue weighted by Gasteiger charge is -2.43. The fourth-order valence-electron chi connectivity index (χ4n) is 6.38. The molecule has 1 aliphatic heterocycles. The molecule has 1 amide bonds. The summed E-state index contributed by atoms with van der Waals surface area (Å²) in [4.78, 5) is 18.7. The minimum Gasteiger partial charge on any atom is -0.333 e. The summed E-state index contributed by atoms with van der Waals surface area (Å²) in [7, 11) is 0. The molecule has 2 atom stereocenters. The fraction of sp³-hybridized carbons (Fsp3) is 0.265. The third-order valence-electron chi connectivity index (χ3n) is 8.43. The van der Waals surface area contributed by atoms with Gasteiger partial charge in [0.2, 0.25) is 5.91 Å². The van der Waals surface area contributed by atoms with E-state index in [0.29, 0.717) is 10.6 Å². The second-order valence-electron chi connectivity index (χ2n) is 10.7. The first-order valence-electron chi connectivity index (χ1n) is 13.7. The van der Waals surface area contributed by atoms with Crippen LogP contribution in [0.25, 0.3) is 0 Å². The summed E-state index contributed by atoms with van der Waals surface area (Å²) in [6.07, 6.45) is 2.41. The zero-order chi connectivity index (χ0) is 26.9. The number of rotatable bonds is 6. The highest BCUT2D eigenvalue weighted by Crippen LogP contribution is 2.40. The molecule has 0 spiro atoms. The van der Waals surface area contributed by atoms with E-state index in [1.54, 1.807) is 12.1 Å². The summed E-state index contributed by atoms with van der Waals surface area (Å²) in [5.41, 5.74) is 6.54. The average Bonchev–Trinajstić information content (AvgIpc) is 3.40. The Morgan fingerprint density at radius 2 is 1.46 bits per heavy atom. The van der Waals surface area contributed by atoms with Crippen LogP contribution in [0.1, 0.15) is 46.3 Å². The predicted octanol–water partition coefficient (Wildman–Crippen LogP) is 7.01. The molecule has 4 aromatic carbocycles. The van der Waals surface area contributed by atoms with Gasteiger partial charge in [-0.3, -0.25) is 9.69 Å². The van der Waals surface area contributed by atoms with Gasteiger partial charge < -0.3 is 4.90 Å². The normalized spacial score (nSPS) is 17.9. The molecule has 2 aliphatic rings. The molecule has 6 rings (SSSR count). The van der Waals surface area contributed by atoms with Crippen molar-refractivity contribution in [1.82, 2.24) is 9.80 Å². The number of fused-ring (bicyclic) bond motifs is 2. The van der Waals surface area contributed by atoms with Gasteiger partial charge in [-0.1, -0.05) is 96.5 Å². The number of benzene rings is 4. The van der Waals surface area contributed by atoms with Crippen LogP contribution in [-0.2, 0) is 30.6 Å². The molecule has 0 N–H and O–H groups in total. The van der Waals surface area contributed by atoms with Crippen LogP contribution in [0.4, 0.5) is 4.39 Å². The van der Waals surface area contributed by atoms with Gasteiger partial charge in [0, 0.05) is 29.7 Å². The largest absolute Gasteiger partial charge is 0.333 e. The van der Waals surface area contributed by atoms with E-state index in [4.69, 9.17) is 11.6 Å². The number of hydrogen-bond donors (Lipinski definition) is 0. The molecule has 198 valence electrons. The summed E-state index contributed by atoms with van der Waals surface area (Å²) in [5, 5.41) is 0.693. The molecule has 0 aromatic heterocycles. The summed E-state index contributed by atoms with van der Waals surface area (Å²) >= 11 is 6.75. The van der Waals surface area contributed by atoms with E-state index >= 15 is 0 Å². The van der Waals surface area contributed by atoms with Crippen LogP contribution in [0, 0.1) is 5.82 Å². The van der Waals surface area contributed by atoms with Crippen LogP contribution in [0.3, 0.4) is 0 Å². The lowest BCUT2D eigenvalue weighted by molar-refractivity contribution is -0.140. The predicted molar refractivity (Wildman–Crippen MR) is 154 cm³/mol. The molecule has 1 aliphatic carbocycles. The molecule has 39 heavy (non-hydrogen) atoms. The van der Waals surface area contributed by atoms with Crippen LogP contribution in [-0.4, -0.2) is 34.3 Å². The van der Waals surface area contributed by atoms with Gasteiger partial charge in [-0.05, 0) is 66.1 Å². The number of halogens is 2. The summed E-state index contributed by atoms with van der Waals surface area (Å²) in [6, 6.07) is 30.9. The standard InChI is InChI=1S/C34H32ClFN2O/c1-23(37-19-18-24-10-4-6-14-29(24)33(37)30-15-7-8-16-31(30)35)34(39)38(22-27-13-5-9-17-32(27)36)28-20-25-11-2-3-12-26(25)21-28/h2-17,23,28,33H,18-22H2,1H3/t23-,33+/m0/s1. The zero-order valence-electron chi connectivity index (χ0n) is 22.1. The summed E-state index contributed by atoms with van der Waals surface area (Å²) in [6.45, 7) is 2.98. The number of amides is 1. The monoisotopic (exact) mass is 538 g/mol. The maximum absolute atomic E-state index is 14.8. The topological polar surface area (TPSA) is 23.6 Å². The lowest BCUT2D eigenvalue weighted by atomic mass is 9.87. The number of carbonyl (C=O) groups excluding carboxylic acids is 1. The summed E-state index contributed by atoms with van der Waals surface area (Å²) in [5.74, 6) is -0.258. The van der Waals surface area contributed by atoms with Gasteiger partial charge in [0.1, 0.15) is 5.82 Å². The maximum atomic E-state index is 14.8. The molecular formula is C34H32ClFN2O. The van der Waals surface area contributed by atoms with Gasteiger partial charge in [-0.15, -0.1) is 0 Å². The van der Waals surface area contributed by atoms with E-state index in [1.165, 1.54) is 28.3 Å². The van der Waals surface area contributed by atoms with Crippen molar-refractivity contribution in [2.45, 2.75) is 50.9 Å². The lowest BCUT2D eigenvalue weighted by Crippen LogP contribution is -2.53. The molecule has 0 radical (unpaired) electrons. The Morgan fingerprint density at radius 3 is 2.15 bits per heavy atom. The van der Waals surface area contributed by atoms with Crippen LogP contribution in [0.5, 0.6) is 0 Å². The van der Waals surface area contributed by atoms with Gasteiger partial charge in [-0.25, -0.2) is 4.39 Å². The third kappa shape index (κ3) is 4.99. The van der Waals surface area contributed by atoms with E-state index in [2.05, 4.69) is 47.4 Å². The molecule has 0 bridgehead atoms. The Morgan fingerprint density at radius 1 is 0.872 bits per heavy atom. The van der Waals surface area contributed by atoms with Crippen molar-refractivity contribution < 1.29 is 9.18 Å². The van der Waals surface area contributed by atoms with E-state index in [0.717, 1.165) is 31.4 Å². The van der Waals surface area contributed by atoms with E-state index in [-0.39, 0.29) is 30.4 Å². The molecule has 0 saturated carbocycles. The van der Waals surface area contributed by atoms with E-state index in [1.807, 2.05) is 48.2 Å². The average molecular weight is 539 g/mol. The maximum Gasteiger partial charge on any atom is 0.240 e. The molecular weight excluding hydrogens is 507 g/mol. The van der Waals surface area contributed by atoms with Gasteiger partial charge in [0.05, 0.1) is 12.1 Å². The Hall–Kier alpha value is -3.47. The smallest absolute Gasteiger partial charge is 0.240 e. The second kappa shape index (κ2) is 11.0. The Labute approximate surface area is 234 Å². The van der Waals surface area contributed by atoms with E-state index in [9.17, 15) is 9.18 Å². The number of hydrogen-bond acceptors (Lipinski definition) is 2. The molecule has 0 fully saturated rings. The van der Waals surface area contributed by atoms with E-state index < -0.39 is 6.04 Å². The van der Waals surface area contributed by atoms with Crippen molar-refractivity contribution in [1.29, 1.82) is 0 Å². The van der Waals surface area contributed by atoms with Gasteiger partial charge in [0.25, 0.3) is 0 Å². The highest BCUT2D eigenvalue weighted by atomic mass is 35.5. The van der Waals surface area contributed by atoms with Crippen LogP contribution in [0.15, 0.2) is 97.1 Å². The van der Waals surface area contributed by atoms with Crippen LogP contribution >= 0.6 is 11.6 Å². The molecule has 0 unspecified atom stereocenters. The minimum atomic E-state index is -0.421. The van der Waals surface area contributed by atoms with Crippen molar-refractivity contribution in [2.24, 2.45) is 0 Å². The fourth-order valence-corrected chi connectivity index (χ4v) is 6.62. The number of nitrogens with zero attached hydrogens (tertiary/aromatic N) is 2. The minimum absolute atomic E-state index is 0.0206. The molecule has 5 heteroatoms. The molecule has 1 heterocycles. The van der Waals surface area contributed by atoms with Crippen LogP contribution < -0.4 is 0 Å². The van der Waals surface area contributed by atoms with Crippen molar-refractivity contribution in [3.05, 3.63) is 141 Å². The SMILES string of the molecule is C[C@@H](C(=O)N(Cc1ccccc1F)C1Cc2ccccc2C1)N1CCc2ccccc2[C@@H]1c1ccccc1Cl.